The Morgan fingerprint density at radius 2 is 2.16 bits per heavy atom. The van der Waals surface area contributed by atoms with E-state index in [9.17, 15) is 13.2 Å². The molecule has 0 aromatic heterocycles. The molecule has 0 aliphatic rings. The molecule has 6 nitrogen and oxygen atoms in total. The third-order valence-electron chi connectivity index (χ3n) is 2.60. The second kappa shape index (κ2) is 5.82. The summed E-state index contributed by atoms with van der Waals surface area (Å²) < 4.78 is 26.3. The lowest BCUT2D eigenvalue weighted by molar-refractivity contribution is -0.139. The van der Waals surface area contributed by atoms with Crippen LogP contribution < -0.4 is 4.72 Å². The van der Waals surface area contributed by atoms with Gasteiger partial charge in [-0.2, -0.15) is 9.98 Å². The number of rotatable bonds is 5. The molecule has 0 saturated carbocycles. The van der Waals surface area contributed by atoms with Gasteiger partial charge in [0.15, 0.2) is 0 Å². The Morgan fingerprint density at radius 3 is 2.58 bits per heavy atom. The van der Waals surface area contributed by atoms with Gasteiger partial charge in [-0.3, -0.25) is 4.79 Å². The minimum Gasteiger partial charge on any atom is -0.480 e. The van der Waals surface area contributed by atoms with Gasteiger partial charge < -0.3 is 5.11 Å². The number of hydrogen-bond donors (Lipinski definition) is 2. The zero-order valence-corrected chi connectivity index (χ0v) is 11.4. The van der Waals surface area contributed by atoms with Gasteiger partial charge in [-0.1, -0.05) is 6.92 Å². The van der Waals surface area contributed by atoms with Gasteiger partial charge in [0, 0.05) is 0 Å². The van der Waals surface area contributed by atoms with Crippen LogP contribution in [-0.2, 0) is 14.8 Å². The van der Waals surface area contributed by atoms with E-state index in [4.69, 9.17) is 10.4 Å². The Morgan fingerprint density at radius 1 is 1.53 bits per heavy atom. The summed E-state index contributed by atoms with van der Waals surface area (Å²) in [5.41, 5.74) is 0.744. The van der Waals surface area contributed by atoms with E-state index in [1.165, 1.54) is 18.2 Å². The Balaban J connectivity index is 3.14. The fraction of sp³-hybridized carbons (Fsp3) is 0.333. The summed E-state index contributed by atoms with van der Waals surface area (Å²) in [4.78, 5) is 10.8. The molecule has 1 atom stereocenters. The number of nitrogens with zero attached hydrogens (tertiary/aromatic N) is 1. The highest BCUT2D eigenvalue weighted by atomic mass is 32.2. The lowest BCUT2D eigenvalue weighted by atomic mass is 10.2. The monoisotopic (exact) mass is 282 g/mol. The van der Waals surface area contributed by atoms with Crippen LogP contribution in [0.4, 0.5) is 0 Å². The van der Waals surface area contributed by atoms with Crippen molar-refractivity contribution in [2.75, 3.05) is 0 Å². The van der Waals surface area contributed by atoms with E-state index in [0.29, 0.717) is 11.1 Å². The van der Waals surface area contributed by atoms with Gasteiger partial charge in [-0.25, -0.2) is 8.42 Å². The van der Waals surface area contributed by atoms with Crippen LogP contribution in [0.1, 0.15) is 24.5 Å². The van der Waals surface area contributed by atoms with Crippen molar-refractivity contribution in [2.24, 2.45) is 0 Å². The number of nitriles is 1. The zero-order valence-electron chi connectivity index (χ0n) is 10.5. The molecule has 0 heterocycles. The fourth-order valence-corrected chi connectivity index (χ4v) is 3.08. The van der Waals surface area contributed by atoms with Gasteiger partial charge in [0.05, 0.1) is 16.5 Å². The third kappa shape index (κ3) is 3.53. The molecule has 102 valence electrons. The van der Waals surface area contributed by atoms with Gasteiger partial charge in [0.25, 0.3) is 0 Å². The van der Waals surface area contributed by atoms with E-state index in [0.717, 1.165) is 0 Å². The summed E-state index contributed by atoms with van der Waals surface area (Å²) in [5, 5.41) is 17.6. The van der Waals surface area contributed by atoms with Crippen LogP contribution in [0.3, 0.4) is 0 Å². The largest absolute Gasteiger partial charge is 0.480 e. The predicted octanol–water partition coefficient (Wildman–Crippen LogP) is 1.01. The van der Waals surface area contributed by atoms with Crippen LogP contribution in [0, 0.1) is 18.3 Å². The SMILES string of the molecule is CC[C@H](NS(=O)(=O)c1ccc(C#N)cc1C)C(=O)O. The normalized spacial score (nSPS) is 12.7. The minimum absolute atomic E-state index is 0.0220. The average Bonchev–Trinajstić information content (AvgIpc) is 2.35. The summed E-state index contributed by atoms with van der Waals surface area (Å²) in [6.07, 6.45) is 0.143. The molecule has 0 spiro atoms. The van der Waals surface area contributed by atoms with Gasteiger partial charge in [0.2, 0.25) is 10.0 Å². The van der Waals surface area contributed by atoms with E-state index in [2.05, 4.69) is 4.72 Å². The molecule has 0 bridgehead atoms. The van der Waals surface area contributed by atoms with E-state index in [1.54, 1.807) is 13.8 Å². The molecule has 0 amide bonds. The van der Waals surface area contributed by atoms with Crippen molar-refractivity contribution in [1.82, 2.24) is 4.72 Å². The van der Waals surface area contributed by atoms with Crippen molar-refractivity contribution >= 4 is 16.0 Å². The fourth-order valence-electron chi connectivity index (χ4n) is 1.58. The summed E-state index contributed by atoms with van der Waals surface area (Å²) in [7, 11) is -3.91. The molecule has 0 saturated heterocycles. The first-order valence-corrected chi connectivity index (χ1v) is 7.06. The molecule has 1 aromatic carbocycles. The van der Waals surface area contributed by atoms with Gasteiger partial charge >= 0.3 is 5.97 Å². The molecule has 1 rings (SSSR count). The second-order valence-electron chi connectivity index (χ2n) is 4.01. The van der Waals surface area contributed by atoms with Crippen molar-refractivity contribution < 1.29 is 18.3 Å². The number of nitrogens with one attached hydrogen (secondary N) is 1. The molecule has 0 aliphatic heterocycles. The standard InChI is InChI=1S/C12H14N2O4S/c1-3-10(12(15)16)14-19(17,18)11-5-4-9(7-13)6-8(11)2/h4-6,10,14H,3H2,1-2H3,(H,15,16)/t10-/m0/s1. The lowest BCUT2D eigenvalue weighted by Gasteiger charge is -2.14. The zero-order chi connectivity index (χ0) is 14.6. The minimum atomic E-state index is -3.91. The van der Waals surface area contributed by atoms with Gasteiger partial charge in [-0.15, -0.1) is 0 Å². The maximum Gasteiger partial charge on any atom is 0.321 e. The van der Waals surface area contributed by atoms with Gasteiger partial charge in [0.1, 0.15) is 6.04 Å². The second-order valence-corrected chi connectivity index (χ2v) is 5.69. The molecule has 0 fully saturated rings. The first-order chi connectivity index (χ1) is 8.81. The molecule has 7 heteroatoms. The van der Waals surface area contributed by atoms with Crippen molar-refractivity contribution in [3.05, 3.63) is 29.3 Å². The first-order valence-electron chi connectivity index (χ1n) is 5.57. The van der Waals surface area contributed by atoms with Crippen molar-refractivity contribution in [3.8, 4) is 6.07 Å². The van der Waals surface area contributed by atoms with Gasteiger partial charge in [-0.05, 0) is 37.1 Å². The number of carbonyl (C=O) groups is 1. The molecule has 0 radical (unpaired) electrons. The van der Waals surface area contributed by atoms with Crippen LogP contribution in [0.15, 0.2) is 23.1 Å². The van der Waals surface area contributed by atoms with E-state index in [-0.39, 0.29) is 11.3 Å². The number of carboxylic acid groups (broad SMARTS) is 1. The molecular formula is C12H14N2O4S. The van der Waals surface area contributed by atoms with Crippen LogP contribution in [0.25, 0.3) is 0 Å². The molecular weight excluding hydrogens is 268 g/mol. The summed E-state index contributed by atoms with van der Waals surface area (Å²) in [5.74, 6) is -1.22. The molecule has 1 aromatic rings. The quantitative estimate of drug-likeness (QED) is 0.838. The van der Waals surface area contributed by atoms with Crippen LogP contribution in [-0.4, -0.2) is 25.5 Å². The average molecular weight is 282 g/mol. The summed E-state index contributed by atoms with van der Waals surface area (Å²) in [6, 6.07) is 4.86. The van der Waals surface area contributed by atoms with E-state index < -0.39 is 22.0 Å². The maximum absolute atomic E-state index is 12.1. The van der Waals surface area contributed by atoms with Crippen LogP contribution in [0.5, 0.6) is 0 Å². The Kier molecular flexibility index (Phi) is 4.64. The summed E-state index contributed by atoms with van der Waals surface area (Å²) >= 11 is 0. The molecule has 0 unspecified atom stereocenters. The molecule has 2 N–H and O–H groups in total. The van der Waals surface area contributed by atoms with Crippen molar-refractivity contribution in [1.29, 1.82) is 5.26 Å². The van der Waals surface area contributed by atoms with Crippen molar-refractivity contribution in [2.45, 2.75) is 31.2 Å². The van der Waals surface area contributed by atoms with Crippen LogP contribution >= 0.6 is 0 Å². The Labute approximate surface area is 111 Å². The number of benzene rings is 1. The molecule has 0 aliphatic carbocycles. The molecule has 19 heavy (non-hydrogen) atoms. The third-order valence-corrected chi connectivity index (χ3v) is 4.23. The smallest absolute Gasteiger partial charge is 0.321 e. The van der Waals surface area contributed by atoms with Crippen molar-refractivity contribution in [3.63, 3.8) is 0 Å². The first kappa shape index (κ1) is 15.1. The highest BCUT2D eigenvalue weighted by molar-refractivity contribution is 7.89. The summed E-state index contributed by atoms with van der Waals surface area (Å²) in [6.45, 7) is 3.13. The number of aryl methyl sites for hydroxylation is 1. The predicted molar refractivity (Wildman–Crippen MR) is 67.9 cm³/mol. The number of hydrogen-bond acceptors (Lipinski definition) is 4. The highest BCUT2D eigenvalue weighted by Gasteiger charge is 2.25. The lowest BCUT2D eigenvalue weighted by Crippen LogP contribution is -2.40. The van der Waals surface area contributed by atoms with E-state index in [1.807, 2.05) is 6.07 Å². The number of aliphatic carboxylic acids is 1. The maximum atomic E-state index is 12.1. The van der Waals surface area contributed by atoms with E-state index >= 15 is 0 Å². The number of carboxylic acids is 1. The Bertz CT molecular complexity index is 632. The number of sulfonamides is 1. The topological polar surface area (TPSA) is 107 Å². The highest BCUT2D eigenvalue weighted by Crippen LogP contribution is 2.17. The Hall–Kier alpha value is -1.91. The van der Waals surface area contributed by atoms with Crippen LogP contribution in [0.2, 0.25) is 0 Å².